The molecule has 1 aromatic carbocycles. The Morgan fingerprint density at radius 1 is 1.22 bits per heavy atom. The number of amides is 1. The van der Waals surface area contributed by atoms with Crippen molar-refractivity contribution in [2.45, 2.75) is 19.3 Å². The summed E-state index contributed by atoms with van der Waals surface area (Å²) in [4.78, 5) is 22.1. The van der Waals surface area contributed by atoms with E-state index in [1.54, 1.807) is 11.1 Å². The van der Waals surface area contributed by atoms with Crippen molar-refractivity contribution in [3.8, 4) is 5.75 Å². The first kappa shape index (κ1) is 15.3. The number of halogens is 3. The molecule has 5 nitrogen and oxygen atoms in total. The van der Waals surface area contributed by atoms with Crippen LogP contribution in [0, 0.1) is 0 Å². The fraction of sp³-hybridized carbons (Fsp3) is 0.267. The molecule has 0 spiro atoms. The molecular formula is C15H12F3N3O2. The largest absolute Gasteiger partial charge is 0.573 e. The summed E-state index contributed by atoms with van der Waals surface area (Å²) in [7, 11) is 0. The zero-order valence-corrected chi connectivity index (χ0v) is 11.9. The highest BCUT2D eigenvalue weighted by atomic mass is 19.4. The van der Waals surface area contributed by atoms with Crippen LogP contribution in [0.2, 0.25) is 0 Å². The van der Waals surface area contributed by atoms with Gasteiger partial charge >= 0.3 is 6.36 Å². The number of nitrogens with zero attached hydrogens (tertiary/aromatic N) is 3. The molecular weight excluding hydrogens is 311 g/mol. The van der Waals surface area contributed by atoms with Gasteiger partial charge in [0.2, 0.25) is 0 Å². The van der Waals surface area contributed by atoms with E-state index in [1.165, 1.54) is 18.5 Å². The van der Waals surface area contributed by atoms with Gasteiger partial charge in [-0.05, 0) is 24.3 Å². The van der Waals surface area contributed by atoms with Crippen LogP contribution in [0.4, 0.5) is 13.2 Å². The Kier molecular flexibility index (Phi) is 3.89. The molecule has 0 atom stereocenters. The van der Waals surface area contributed by atoms with Gasteiger partial charge in [-0.15, -0.1) is 13.2 Å². The molecule has 1 aliphatic heterocycles. The lowest BCUT2D eigenvalue weighted by Crippen LogP contribution is -2.36. The van der Waals surface area contributed by atoms with Crippen molar-refractivity contribution in [2.24, 2.45) is 0 Å². The third kappa shape index (κ3) is 3.58. The van der Waals surface area contributed by atoms with Gasteiger partial charge in [-0.1, -0.05) is 0 Å². The molecule has 0 bridgehead atoms. The predicted octanol–water partition coefficient (Wildman–Crippen LogP) is 2.57. The van der Waals surface area contributed by atoms with E-state index in [0.717, 1.165) is 23.4 Å². The number of carbonyl (C=O) groups excluding carboxylic acids is 1. The molecule has 1 aliphatic rings. The molecule has 0 saturated heterocycles. The van der Waals surface area contributed by atoms with Crippen LogP contribution < -0.4 is 4.74 Å². The number of alkyl halides is 3. The van der Waals surface area contributed by atoms with Crippen molar-refractivity contribution in [3.05, 3.63) is 53.6 Å². The molecule has 120 valence electrons. The fourth-order valence-electron chi connectivity index (χ4n) is 2.42. The lowest BCUT2D eigenvalue weighted by atomic mass is 10.1. The predicted molar refractivity (Wildman–Crippen MR) is 73.6 cm³/mol. The molecule has 3 rings (SSSR count). The van der Waals surface area contributed by atoms with Crippen LogP contribution in [0.1, 0.15) is 21.6 Å². The first-order chi connectivity index (χ1) is 10.9. The van der Waals surface area contributed by atoms with Gasteiger partial charge in [-0.2, -0.15) is 0 Å². The maximum absolute atomic E-state index is 12.4. The lowest BCUT2D eigenvalue weighted by molar-refractivity contribution is -0.274. The summed E-state index contributed by atoms with van der Waals surface area (Å²) in [5.41, 5.74) is 2.10. The highest BCUT2D eigenvalue weighted by molar-refractivity contribution is 5.94. The van der Waals surface area contributed by atoms with Gasteiger partial charge in [0.25, 0.3) is 5.91 Å². The second-order valence-corrected chi connectivity index (χ2v) is 5.04. The third-order valence-electron chi connectivity index (χ3n) is 3.48. The van der Waals surface area contributed by atoms with Crippen molar-refractivity contribution < 1.29 is 22.7 Å². The Morgan fingerprint density at radius 2 is 1.96 bits per heavy atom. The SMILES string of the molecule is O=C(c1ccc(OC(F)(F)F)cc1)N1CCc2ncncc2C1. The minimum atomic E-state index is -4.75. The van der Waals surface area contributed by atoms with Crippen LogP contribution in [0.3, 0.4) is 0 Å². The van der Waals surface area contributed by atoms with E-state index < -0.39 is 6.36 Å². The van der Waals surface area contributed by atoms with Crippen LogP contribution in [-0.4, -0.2) is 33.7 Å². The Bertz CT molecular complexity index is 717. The molecule has 8 heteroatoms. The molecule has 0 aliphatic carbocycles. The minimum Gasteiger partial charge on any atom is -0.406 e. The van der Waals surface area contributed by atoms with Gasteiger partial charge in [0.05, 0.1) is 5.69 Å². The van der Waals surface area contributed by atoms with E-state index in [4.69, 9.17) is 0 Å². The number of hydrogen-bond acceptors (Lipinski definition) is 4. The van der Waals surface area contributed by atoms with Crippen LogP contribution in [0.15, 0.2) is 36.8 Å². The van der Waals surface area contributed by atoms with Gasteiger partial charge in [-0.25, -0.2) is 9.97 Å². The summed E-state index contributed by atoms with van der Waals surface area (Å²) in [6.45, 7) is 0.888. The highest BCUT2D eigenvalue weighted by Crippen LogP contribution is 2.24. The smallest absolute Gasteiger partial charge is 0.406 e. The lowest BCUT2D eigenvalue weighted by Gasteiger charge is -2.27. The Morgan fingerprint density at radius 3 is 2.65 bits per heavy atom. The molecule has 2 heterocycles. The average Bonchev–Trinajstić information content (AvgIpc) is 2.53. The monoisotopic (exact) mass is 323 g/mol. The summed E-state index contributed by atoms with van der Waals surface area (Å²) in [5.74, 6) is -0.607. The molecule has 1 amide bonds. The zero-order chi connectivity index (χ0) is 16.4. The van der Waals surface area contributed by atoms with Gasteiger partial charge in [0, 0.05) is 36.8 Å². The van der Waals surface area contributed by atoms with Gasteiger partial charge in [0.15, 0.2) is 0 Å². The number of hydrogen-bond donors (Lipinski definition) is 0. The van der Waals surface area contributed by atoms with Crippen molar-refractivity contribution in [1.82, 2.24) is 14.9 Å². The summed E-state index contributed by atoms with van der Waals surface area (Å²) in [6, 6.07) is 4.89. The second kappa shape index (κ2) is 5.86. The van der Waals surface area contributed by atoms with E-state index in [-0.39, 0.29) is 11.7 Å². The maximum Gasteiger partial charge on any atom is 0.573 e. The summed E-state index contributed by atoms with van der Waals surface area (Å²) in [6.07, 6.45) is -0.987. The Balaban J connectivity index is 1.72. The normalized spacial score (nSPS) is 14.3. The fourth-order valence-corrected chi connectivity index (χ4v) is 2.42. The van der Waals surface area contributed by atoms with Crippen LogP contribution in [0.25, 0.3) is 0 Å². The average molecular weight is 323 g/mol. The van der Waals surface area contributed by atoms with Gasteiger partial charge in [-0.3, -0.25) is 4.79 Å². The number of aromatic nitrogens is 2. The van der Waals surface area contributed by atoms with Gasteiger partial charge in [0.1, 0.15) is 12.1 Å². The number of ether oxygens (including phenoxy) is 1. The first-order valence-corrected chi connectivity index (χ1v) is 6.85. The van der Waals surface area contributed by atoms with E-state index >= 15 is 0 Å². The molecule has 0 fully saturated rings. The Labute approximate surface area is 129 Å². The van der Waals surface area contributed by atoms with E-state index in [0.29, 0.717) is 25.1 Å². The van der Waals surface area contributed by atoms with E-state index in [2.05, 4.69) is 14.7 Å². The zero-order valence-electron chi connectivity index (χ0n) is 11.9. The van der Waals surface area contributed by atoms with Gasteiger partial charge < -0.3 is 9.64 Å². The van der Waals surface area contributed by atoms with Crippen LogP contribution in [0.5, 0.6) is 5.75 Å². The van der Waals surface area contributed by atoms with Crippen molar-refractivity contribution in [3.63, 3.8) is 0 Å². The van der Waals surface area contributed by atoms with Crippen LogP contribution in [-0.2, 0) is 13.0 Å². The maximum atomic E-state index is 12.4. The molecule has 1 aromatic heterocycles. The topological polar surface area (TPSA) is 55.3 Å². The first-order valence-electron chi connectivity index (χ1n) is 6.85. The highest BCUT2D eigenvalue weighted by Gasteiger charge is 2.31. The van der Waals surface area contributed by atoms with Crippen molar-refractivity contribution in [1.29, 1.82) is 0 Å². The number of rotatable bonds is 2. The van der Waals surface area contributed by atoms with E-state index in [9.17, 15) is 18.0 Å². The Hall–Kier alpha value is -2.64. The quantitative estimate of drug-likeness (QED) is 0.852. The van der Waals surface area contributed by atoms with E-state index in [1.807, 2.05) is 0 Å². The summed E-state index contributed by atoms with van der Waals surface area (Å²) in [5, 5.41) is 0. The standard InChI is InChI=1S/C15H12F3N3O2/c16-15(17,18)23-12-3-1-10(2-4-12)14(22)21-6-5-13-11(8-21)7-19-9-20-13/h1-4,7,9H,5-6,8H2. The molecule has 23 heavy (non-hydrogen) atoms. The number of carbonyl (C=O) groups is 1. The molecule has 0 N–H and O–H groups in total. The molecule has 2 aromatic rings. The van der Waals surface area contributed by atoms with Crippen LogP contribution >= 0.6 is 0 Å². The van der Waals surface area contributed by atoms with Crippen molar-refractivity contribution >= 4 is 5.91 Å². The number of benzene rings is 1. The second-order valence-electron chi connectivity index (χ2n) is 5.04. The van der Waals surface area contributed by atoms with Crippen molar-refractivity contribution in [2.75, 3.05) is 6.54 Å². The summed E-state index contributed by atoms with van der Waals surface area (Å²) < 4.78 is 40.2. The minimum absolute atomic E-state index is 0.252. The summed E-state index contributed by atoms with van der Waals surface area (Å²) >= 11 is 0. The molecule has 0 radical (unpaired) electrons. The molecule has 0 unspecified atom stereocenters. The number of fused-ring (bicyclic) bond motifs is 1. The third-order valence-corrected chi connectivity index (χ3v) is 3.48. The molecule has 0 saturated carbocycles.